The van der Waals surface area contributed by atoms with Crippen molar-refractivity contribution in [2.24, 2.45) is 0 Å². The van der Waals surface area contributed by atoms with Gasteiger partial charge >= 0.3 is 5.97 Å². The second kappa shape index (κ2) is 7.66. The van der Waals surface area contributed by atoms with E-state index in [9.17, 15) is 9.18 Å². The molecule has 0 aliphatic carbocycles. The molecule has 0 spiro atoms. The Morgan fingerprint density at radius 1 is 1.22 bits per heavy atom. The Kier molecular flexibility index (Phi) is 5.85. The number of rotatable bonds is 5. The maximum absolute atomic E-state index is 13.7. The van der Waals surface area contributed by atoms with E-state index in [4.69, 9.17) is 25.8 Å². The minimum atomic E-state index is -0.838. The molecule has 0 aliphatic rings. The summed E-state index contributed by atoms with van der Waals surface area (Å²) in [7, 11) is 3.02. The molecule has 2 aromatic rings. The molecule has 0 N–H and O–H groups in total. The SMILES string of the molecule is COc1cc(Br)c(COC(=O)c2c(F)cccc2Cl)cc1OC. The van der Waals surface area contributed by atoms with Gasteiger partial charge in [0.2, 0.25) is 0 Å². The lowest BCUT2D eigenvalue weighted by atomic mass is 10.2. The number of ether oxygens (including phenoxy) is 3. The van der Waals surface area contributed by atoms with Crippen molar-refractivity contribution in [2.45, 2.75) is 6.61 Å². The van der Waals surface area contributed by atoms with E-state index in [1.807, 2.05) is 0 Å². The maximum Gasteiger partial charge on any atom is 0.342 e. The molecule has 122 valence electrons. The number of carbonyl (C=O) groups is 1. The average molecular weight is 404 g/mol. The largest absolute Gasteiger partial charge is 0.493 e. The van der Waals surface area contributed by atoms with E-state index >= 15 is 0 Å². The van der Waals surface area contributed by atoms with Crippen LogP contribution in [0.4, 0.5) is 4.39 Å². The summed E-state index contributed by atoms with van der Waals surface area (Å²) >= 11 is 9.20. The summed E-state index contributed by atoms with van der Waals surface area (Å²) in [5.74, 6) is -0.541. The Labute approximate surface area is 146 Å². The van der Waals surface area contributed by atoms with Gasteiger partial charge in [0.25, 0.3) is 0 Å². The minimum absolute atomic E-state index is 0.00128. The van der Waals surface area contributed by atoms with Crippen LogP contribution in [0.25, 0.3) is 0 Å². The lowest BCUT2D eigenvalue weighted by Crippen LogP contribution is -2.09. The molecule has 0 fully saturated rings. The van der Waals surface area contributed by atoms with Crippen molar-refractivity contribution in [3.8, 4) is 11.5 Å². The molecule has 0 atom stereocenters. The molecule has 2 rings (SSSR count). The average Bonchev–Trinajstić information content (AvgIpc) is 2.53. The topological polar surface area (TPSA) is 44.8 Å². The van der Waals surface area contributed by atoms with Crippen molar-refractivity contribution in [3.63, 3.8) is 0 Å². The fraction of sp³-hybridized carbons (Fsp3) is 0.188. The zero-order valence-electron chi connectivity index (χ0n) is 12.4. The summed E-state index contributed by atoms with van der Waals surface area (Å²) < 4.78 is 29.9. The van der Waals surface area contributed by atoms with Gasteiger partial charge in [-0.1, -0.05) is 33.6 Å². The first-order valence-corrected chi connectivity index (χ1v) is 7.66. The van der Waals surface area contributed by atoms with E-state index in [-0.39, 0.29) is 17.2 Å². The van der Waals surface area contributed by atoms with Gasteiger partial charge in [0.15, 0.2) is 11.5 Å². The quantitative estimate of drug-likeness (QED) is 0.684. The fourth-order valence-electron chi connectivity index (χ4n) is 1.92. The van der Waals surface area contributed by atoms with Gasteiger partial charge in [0, 0.05) is 10.0 Å². The van der Waals surface area contributed by atoms with Gasteiger partial charge in [-0.05, 0) is 24.3 Å². The smallest absolute Gasteiger partial charge is 0.342 e. The minimum Gasteiger partial charge on any atom is -0.493 e. The van der Waals surface area contributed by atoms with Gasteiger partial charge in [0.05, 0.1) is 19.2 Å². The second-order valence-electron chi connectivity index (χ2n) is 4.47. The second-order valence-corrected chi connectivity index (χ2v) is 5.73. The predicted octanol–water partition coefficient (Wildman–Crippen LogP) is 4.62. The first kappa shape index (κ1) is 17.6. The fourth-order valence-corrected chi connectivity index (χ4v) is 2.59. The number of methoxy groups -OCH3 is 2. The van der Waals surface area contributed by atoms with Crippen LogP contribution in [0.15, 0.2) is 34.8 Å². The van der Waals surface area contributed by atoms with Crippen molar-refractivity contribution in [1.29, 1.82) is 0 Å². The predicted molar refractivity (Wildman–Crippen MR) is 87.8 cm³/mol. The van der Waals surface area contributed by atoms with Crippen LogP contribution in [0, 0.1) is 5.82 Å². The van der Waals surface area contributed by atoms with E-state index in [0.29, 0.717) is 21.5 Å². The van der Waals surface area contributed by atoms with Crippen LogP contribution < -0.4 is 9.47 Å². The summed E-state index contributed by atoms with van der Waals surface area (Å²) in [6, 6.07) is 7.35. The molecule has 4 nitrogen and oxygen atoms in total. The summed E-state index contributed by atoms with van der Waals surface area (Å²) in [6.07, 6.45) is 0. The molecule has 2 aromatic carbocycles. The van der Waals surface area contributed by atoms with Gasteiger partial charge in [0.1, 0.15) is 18.0 Å². The number of esters is 1. The Morgan fingerprint density at radius 2 is 1.87 bits per heavy atom. The van der Waals surface area contributed by atoms with Crippen LogP contribution >= 0.6 is 27.5 Å². The lowest BCUT2D eigenvalue weighted by Gasteiger charge is -2.12. The van der Waals surface area contributed by atoms with Gasteiger partial charge in [-0.2, -0.15) is 0 Å². The van der Waals surface area contributed by atoms with E-state index < -0.39 is 11.8 Å². The first-order valence-electron chi connectivity index (χ1n) is 6.49. The van der Waals surface area contributed by atoms with Crippen LogP contribution in [0.5, 0.6) is 11.5 Å². The third-order valence-corrected chi connectivity index (χ3v) is 4.13. The van der Waals surface area contributed by atoms with Crippen molar-refractivity contribution in [3.05, 3.63) is 56.8 Å². The van der Waals surface area contributed by atoms with Gasteiger partial charge in [-0.25, -0.2) is 9.18 Å². The summed E-state index contributed by atoms with van der Waals surface area (Å²) in [6.45, 7) is -0.0789. The Hall–Kier alpha value is -1.79. The zero-order valence-corrected chi connectivity index (χ0v) is 14.7. The number of carbonyl (C=O) groups excluding carboxylic acids is 1. The molecule has 7 heteroatoms. The Balaban J connectivity index is 2.19. The highest BCUT2D eigenvalue weighted by Crippen LogP contribution is 2.33. The van der Waals surface area contributed by atoms with E-state index in [2.05, 4.69) is 15.9 Å². The maximum atomic E-state index is 13.7. The molecule has 0 radical (unpaired) electrons. The molecule has 0 aliphatic heterocycles. The molecule has 0 unspecified atom stereocenters. The third kappa shape index (κ3) is 3.95. The molecular formula is C16H13BrClFO4. The summed E-state index contributed by atoms with van der Waals surface area (Å²) in [4.78, 5) is 12.0. The van der Waals surface area contributed by atoms with Crippen LogP contribution in [0.1, 0.15) is 15.9 Å². The van der Waals surface area contributed by atoms with Crippen LogP contribution in [-0.2, 0) is 11.3 Å². The van der Waals surface area contributed by atoms with E-state index in [1.165, 1.54) is 26.4 Å². The molecule has 23 heavy (non-hydrogen) atoms. The van der Waals surface area contributed by atoms with Gasteiger partial charge < -0.3 is 14.2 Å². The molecular weight excluding hydrogens is 391 g/mol. The number of benzene rings is 2. The Bertz CT molecular complexity index is 716. The zero-order chi connectivity index (χ0) is 17.0. The van der Waals surface area contributed by atoms with Crippen molar-refractivity contribution >= 4 is 33.5 Å². The molecule has 0 saturated heterocycles. The van der Waals surface area contributed by atoms with Crippen LogP contribution in [-0.4, -0.2) is 20.2 Å². The summed E-state index contributed by atoms with van der Waals surface area (Å²) in [5.41, 5.74) is 0.356. The van der Waals surface area contributed by atoms with Crippen LogP contribution in [0.3, 0.4) is 0 Å². The standard InChI is InChI=1S/C16H13BrClFO4/c1-21-13-6-9(10(17)7-14(13)22-2)8-23-16(20)15-11(18)4-3-5-12(15)19/h3-7H,8H2,1-2H3. The lowest BCUT2D eigenvalue weighted by molar-refractivity contribution is 0.0466. The number of hydrogen-bond donors (Lipinski definition) is 0. The van der Waals surface area contributed by atoms with E-state index in [0.717, 1.165) is 6.07 Å². The van der Waals surface area contributed by atoms with Crippen molar-refractivity contribution in [1.82, 2.24) is 0 Å². The van der Waals surface area contributed by atoms with Gasteiger partial charge in [-0.15, -0.1) is 0 Å². The molecule has 0 heterocycles. The highest BCUT2D eigenvalue weighted by Gasteiger charge is 2.18. The highest BCUT2D eigenvalue weighted by atomic mass is 79.9. The number of halogens is 3. The normalized spacial score (nSPS) is 10.3. The molecule has 0 bridgehead atoms. The van der Waals surface area contributed by atoms with Gasteiger partial charge in [-0.3, -0.25) is 0 Å². The molecule has 0 saturated carbocycles. The number of hydrogen-bond acceptors (Lipinski definition) is 4. The molecule has 0 aromatic heterocycles. The summed E-state index contributed by atoms with van der Waals surface area (Å²) in [5, 5.41) is 0.00128. The van der Waals surface area contributed by atoms with E-state index in [1.54, 1.807) is 12.1 Å². The molecule has 0 amide bonds. The highest BCUT2D eigenvalue weighted by molar-refractivity contribution is 9.10. The van der Waals surface area contributed by atoms with Crippen molar-refractivity contribution < 1.29 is 23.4 Å². The van der Waals surface area contributed by atoms with Crippen molar-refractivity contribution in [2.75, 3.05) is 14.2 Å². The third-order valence-electron chi connectivity index (χ3n) is 3.08. The Morgan fingerprint density at radius 3 is 2.48 bits per heavy atom. The monoisotopic (exact) mass is 402 g/mol. The van der Waals surface area contributed by atoms with Crippen LogP contribution in [0.2, 0.25) is 5.02 Å². The first-order chi connectivity index (χ1) is 11.0.